The van der Waals surface area contributed by atoms with E-state index < -0.39 is 10.0 Å². The highest BCUT2D eigenvalue weighted by Crippen LogP contribution is 2.22. The largest absolute Gasteiger partial charge is 0.381 e. The highest BCUT2D eigenvalue weighted by Gasteiger charge is 2.15. The molecule has 0 atom stereocenters. The van der Waals surface area contributed by atoms with Gasteiger partial charge in [-0.2, -0.15) is 0 Å². The van der Waals surface area contributed by atoms with Crippen LogP contribution in [0.2, 0.25) is 0 Å². The summed E-state index contributed by atoms with van der Waals surface area (Å²) in [5.74, 6) is 0. The molecule has 0 heterocycles. The molecule has 2 N–H and O–H groups in total. The van der Waals surface area contributed by atoms with Crippen LogP contribution in [-0.2, 0) is 16.6 Å². The first-order valence-corrected chi connectivity index (χ1v) is 10.4. The molecule has 134 valence electrons. The van der Waals surface area contributed by atoms with E-state index in [4.69, 9.17) is 0 Å². The molecular formula is C20H19BrN2O2S. The van der Waals surface area contributed by atoms with E-state index in [0.717, 1.165) is 21.3 Å². The number of hydrogen-bond acceptors (Lipinski definition) is 3. The number of aryl methyl sites for hydroxylation is 1. The zero-order chi connectivity index (χ0) is 18.6. The number of rotatable bonds is 6. The maximum Gasteiger partial charge on any atom is 0.261 e. The van der Waals surface area contributed by atoms with E-state index in [1.807, 2.05) is 49.4 Å². The van der Waals surface area contributed by atoms with Crippen molar-refractivity contribution in [1.82, 2.24) is 0 Å². The molecule has 3 rings (SSSR count). The van der Waals surface area contributed by atoms with E-state index in [1.165, 1.54) is 0 Å². The van der Waals surface area contributed by atoms with Gasteiger partial charge in [-0.05, 0) is 55.0 Å². The first kappa shape index (κ1) is 18.5. The summed E-state index contributed by atoms with van der Waals surface area (Å²) < 4.78 is 29.0. The Morgan fingerprint density at radius 3 is 2.23 bits per heavy atom. The van der Waals surface area contributed by atoms with E-state index in [1.54, 1.807) is 30.3 Å². The van der Waals surface area contributed by atoms with Crippen LogP contribution in [0.1, 0.15) is 11.1 Å². The fraction of sp³-hybridized carbons (Fsp3) is 0.100. The van der Waals surface area contributed by atoms with Gasteiger partial charge in [-0.3, -0.25) is 4.72 Å². The summed E-state index contributed by atoms with van der Waals surface area (Å²) in [5, 5.41) is 3.31. The molecule has 0 aliphatic heterocycles. The molecular weight excluding hydrogens is 412 g/mol. The lowest BCUT2D eigenvalue weighted by atomic mass is 10.2. The summed E-state index contributed by atoms with van der Waals surface area (Å²) in [5.41, 5.74) is 3.41. The maximum absolute atomic E-state index is 12.6. The summed E-state index contributed by atoms with van der Waals surface area (Å²) in [6, 6.07) is 22.0. The lowest BCUT2D eigenvalue weighted by Gasteiger charge is -2.14. The second-order valence-electron chi connectivity index (χ2n) is 5.94. The van der Waals surface area contributed by atoms with Crippen molar-refractivity contribution in [2.75, 3.05) is 10.0 Å². The third-order valence-corrected chi connectivity index (χ3v) is 5.83. The van der Waals surface area contributed by atoms with Gasteiger partial charge in [-0.1, -0.05) is 51.8 Å². The fourth-order valence-corrected chi connectivity index (χ4v) is 3.83. The van der Waals surface area contributed by atoms with Gasteiger partial charge in [0.1, 0.15) is 0 Å². The number of nitrogens with one attached hydrogen (secondary N) is 2. The molecule has 0 amide bonds. The van der Waals surface area contributed by atoms with Crippen LogP contribution in [0.4, 0.5) is 11.4 Å². The molecule has 6 heteroatoms. The van der Waals surface area contributed by atoms with Crippen LogP contribution >= 0.6 is 15.9 Å². The third-order valence-electron chi connectivity index (χ3n) is 3.92. The predicted molar refractivity (Wildman–Crippen MR) is 110 cm³/mol. The van der Waals surface area contributed by atoms with Gasteiger partial charge >= 0.3 is 0 Å². The summed E-state index contributed by atoms with van der Waals surface area (Å²) in [6.45, 7) is 2.43. The first-order chi connectivity index (χ1) is 12.4. The number of hydrogen-bond donors (Lipinski definition) is 2. The summed E-state index contributed by atoms with van der Waals surface area (Å²) in [4.78, 5) is 0.249. The topological polar surface area (TPSA) is 58.2 Å². The predicted octanol–water partition coefficient (Wildman–Crippen LogP) is 5.17. The van der Waals surface area contributed by atoms with Crippen LogP contribution in [0.25, 0.3) is 0 Å². The molecule has 0 spiro atoms. The van der Waals surface area contributed by atoms with Gasteiger partial charge in [-0.15, -0.1) is 0 Å². The van der Waals surface area contributed by atoms with Crippen molar-refractivity contribution >= 4 is 37.3 Å². The van der Waals surface area contributed by atoms with E-state index in [9.17, 15) is 8.42 Å². The third kappa shape index (κ3) is 4.65. The van der Waals surface area contributed by atoms with Gasteiger partial charge in [-0.25, -0.2) is 8.42 Å². The zero-order valence-corrected chi connectivity index (χ0v) is 16.6. The Morgan fingerprint density at radius 2 is 1.54 bits per heavy atom. The van der Waals surface area contributed by atoms with Crippen LogP contribution in [0.5, 0.6) is 0 Å². The molecule has 0 aliphatic carbocycles. The van der Waals surface area contributed by atoms with Crippen LogP contribution in [-0.4, -0.2) is 8.42 Å². The average Bonchev–Trinajstić information content (AvgIpc) is 2.62. The minimum Gasteiger partial charge on any atom is -0.381 e. The van der Waals surface area contributed by atoms with Crippen molar-refractivity contribution in [2.24, 2.45) is 0 Å². The molecule has 0 fully saturated rings. The summed E-state index contributed by atoms with van der Waals surface area (Å²) in [6.07, 6.45) is 0. The normalized spacial score (nSPS) is 11.2. The lowest BCUT2D eigenvalue weighted by Crippen LogP contribution is -2.15. The van der Waals surface area contributed by atoms with Crippen molar-refractivity contribution in [1.29, 1.82) is 0 Å². The second-order valence-corrected chi connectivity index (χ2v) is 8.53. The highest BCUT2D eigenvalue weighted by molar-refractivity contribution is 9.10. The van der Waals surface area contributed by atoms with Gasteiger partial charge in [0, 0.05) is 16.7 Å². The summed E-state index contributed by atoms with van der Waals surface area (Å²) >= 11 is 3.41. The highest BCUT2D eigenvalue weighted by atomic mass is 79.9. The van der Waals surface area contributed by atoms with Crippen LogP contribution in [0.15, 0.2) is 82.2 Å². The van der Waals surface area contributed by atoms with Crippen LogP contribution < -0.4 is 10.0 Å². The summed E-state index contributed by atoms with van der Waals surface area (Å²) in [7, 11) is -3.63. The van der Waals surface area contributed by atoms with Crippen molar-refractivity contribution in [3.8, 4) is 0 Å². The number of benzene rings is 3. The van der Waals surface area contributed by atoms with Crippen LogP contribution in [0, 0.1) is 6.92 Å². The Bertz CT molecular complexity index is 985. The Hall–Kier alpha value is -2.31. The van der Waals surface area contributed by atoms with Gasteiger partial charge in [0.15, 0.2) is 0 Å². The molecule has 26 heavy (non-hydrogen) atoms. The van der Waals surface area contributed by atoms with Gasteiger partial charge in [0.2, 0.25) is 0 Å². The molecule has 0 saturated carbocycles. The number of sulfonamides is 1. The molecule has 4 nitrogen and oxygen atoms in total. The number of anilines is 2. The van der Waals surface area contributed by atoms with Crippen molar-refractivity contribution in [2.45, 2.75) is 18.4 Å². The van der Waals surface area contributed by atoms with E-state index in [2.05, 4.69) is 26.0 Å². The number of halogens is 1. The SMILES string of the molecule is Cc1ccc(S(=O)(=O)Nc2ccccc2CNc2ccc(Br)cc2)cc1. The molecule has 0 aliphatic rings. The monoisotopic (exact) mass is 430 g/mol. The Kier molecular flexibility index (Phi) is 5.64. The quantitative estimate of drug-likeness (QED) is 0.566. The molecule has 0 aromatic heterocycles. The van der Waals surface area contributed by atoms with Crippen molar-refractivity contribution in [3.05, 3.63) is 88.4 Å². The minimum atomic E-state index is -3.63. The molecule has 0 radical (unpaired) electrons. The van der Waals surface area contributed by atoms with E-state index in [-0.39, 0.29) is 4.90 Å². The molecule has 3 aromatic carbocycles. The molecule has 0 saturated heterocycles. The molecule has 3 aromatic rings. The first-order valence-electron chi connectivity index (χ1n) is 8.11. The Balaban J connectivity index is 1.78. The van der Waals surface area contributed by atoms with Crippen LogP contribution in [0.3, 0.4) is 0 Å². The van der Waals surface area contributed by atoms with E-state index in [0.29, 0.717) is 12.2 Å². The zero-order valence-electron chi connectivity index (χ0n) is 14.2. The second kappa shape index (κ2) is 7.93. The van der Waals surface area contributed by atoms with Crippen molar-refractivity contribution < 1.29 is 8.42 Å². The van der Waals surface area contributed by atoms with Gasteiger partial charge in [0.25, 0.3) is 10.0 Å². The smallest absolute Gasteiger partial charge is 0.261 e. The molecule has 0 bridgehead atoms. The maximum atomic E-state index is 12.6. The van der Waals surface area contributed by atoms with Crippen molar-refractivity contribution in [3.63, 3.8) is 0 Å². The average molecular weight is 431 g/mol. The minimum absolute atomic E-state index is 0.249. The lowest BCUT2D eigenvalue weighted by molar-refractivity contribution is 0.601. The van der Waals surface area contributed by atoms with Gasteiger partial charge < -0.3 is 5.32 Å². The van der Waals surface area contributed by atoms with E-state index >= 15 is 0 Å². The fourth-order valence-electron chi connectivity index (χ4n) is 2.46. The molecule has 0 unspecified atom stereocenters. The van der Waals surface area contributed by atoms with Gasteiger partial charge in [0.05, 0.1) is 10.6 Å². The Morgan fingerprint density at radius 1 is 0.885 bits per heavy atom. The Labute approximate surface area is 162 Å². The standard InChI is InChI=1S/C20H19BrN2O2S/c1-15-6-12-19(13-7-15)26(24,25)23-20-5-3-2-4-16(20)14-22-18-10-8-17(21)9-11-18/h2-13,22-23H,14H2,1H3. The number of para-hydroxylation sites is 1.